The minimum Gasteiger partial charge on any atom is -0.198 e. The lowest BCUT2D eigenvalue weighted by molar-refractivity contribution is -0.665. The molecule has 0 atom stereocenters. The molecule has 1 nitrogen and oxygen atoms in total. The first kappa shape index (κ1) is 20.9. The van der Waals surface area contributed by atoms with E-state index in [0.29, 0.717) is 6.04 Å². The van der Waals surface area contributed by atoms with Gasteiger partial charge in [-0.05, 0) is 83.5 Å². The highest BCUT2D eigenvalue weighted by Gasteiger charge is 2.21. The van der Waals surface area contributed by atoms with Crippen molar-refractivity contribution in [2.45, 2.75) is 54.9 Å². The van der Waals surface area contributed by atoms with Crippen LogP contribution < -0.4 is 4.57 Å². The SMILES string of the molecule is [2H]c1c(C)[n+](C)c(-c2ccc(-c3c(C)cccc3C)cc2C)c2ccc(CC(C)(C)C)cc12. The fourth-order valence-electron chi connectivity index (χ4n) is 4.93. The van der Waals surface area contributed by atoms with Gasteiger partial charge in [-0.2, -0.15) is 4.57 Å². The van der Waals surface area contributed by atoms with Gasteiger partial charge in [0.05, 0.1) is 6.76 Å². The summed E-state index contributed by atoms with van der Waals surface area (Å²) < 4.78 is 11.0. The van der Waals surface area contributed by atoms with Gasteiger partial charge in [-0.25, -0.2) is 0 Å². The van der Waals surface area contributed by atoms with Crippen molar-refractivity contribution >= 4 is 10.8 Å². The molecule has 0 bridgehead atoms. The van der Waals surface area contributed by atoms with Gasteiger partial charge in [-0.1, -0.05) is 63.2 Å². The molecule has 4 aromatic rings. The maximum absolute atomic E-state index is 8.84. The Bertz CT molecular complexity index is 1350. The largest absolute Gasteiger partial charge is 0.220 e. The second kappa shape index (κ2) is 8.20. The van der Waals surface area contributed by atoms with E-state index in [0.717, 1.165) is 22.9 Å². The molecule has 3 aromatic carbocycles. The van der Waals surface area contributed by atoms with Crippen LogP contribution in [0.2, 0.25) is 0 Å². The number of aromatic nitrogens is 1. The summed E-state index contributed by atoms with van der Waals surface area (Å²) in [5.41, 5.74) is 11.4. The lowest BCUT2D eigenvalue weighted by Crippen LogP contribution is -2.35. The first-order valence-electron chi connectivity index (χ1n) is 12.1. The molecule has 4 rings (SSSR count). The van der Waals surface area contributed by atoms with E-state index in [9.17, 15) is 0 Å². The first-order valence-corrected chi connectivity index (χ1v) is 11.6. The van der Waals surface area contributed by atoms with Crippen molar-refractivity contribution < 1.29 is 5.94 Å². The molecule has 1 heteroatoms. The minimum absolute atomic E-state index is 0.216. The van der Waals surface area contributed by atoms with Crippen LogP contribution in [0.4, 0.5) is 0 Å². The molecule has 0 unspecified atom stereocenters. The molecule has 0 N–H and O–H groups in total. The molecule has 164 valence electrons. The van der Waals surface area contributed by atoms with Crippen molar-refractivity contribution in [1.29, 1.82) is 0 Å². The Labute approximate surface area is 195 Å². The number of rotatable bonds is 3. The number of hydrogen-bond donors (Lipinski definition) is 0. The van der Waals surface area contributed by atoms with Crippen LogP contribution in [0.15, 0.2) is 60.6 Å². The maximum atomic E-state index is 8.84. The van der Waals surface area contributed by atoms with Gasteiger partial charge < -0.3 is 0 Å². The second-order valence-corrected chi connectivity index (χ2v) is 10.5. The van der Waals surface area contributed by atoms with Gasteiger partial charge in [0.1, 0.15) is 7.05 Å². The van der Waals surface area contributed by atoms with Crippen LogP contribution in [0, 0.1) is 33.1 Å². The monoisotopic (exact) mass is 423 g/mol. The normalized spacial score (nSPS) is 12.3. The van der Waals surface area contributed by atoms with Crippen LogP contribution in [0.3, 0.4) is 0 Å². The molecule has 1 heterocycles. The quantitative estimate of drug-likeness (QED) is 0.296. The Morgan fingerprint density at radius 3 is 2.16 bits per heavy atom. The van der Waals surface area contributed by atoms with E-state index in [2.05, 4.69) is 115 Å². The average Bonchev–Trinajstić information content (AvgIpc) is 2.72. The lowest BCUT2D eigenvalue weighted by Gasteiger charge is -2.19. The van der Waals surface area contributed by atoms with Gasteiger partial charge in [-0.15, -0.1) is 0 Å². The Hall–Kier alpha value is -2.93. The summed E-state index contributed by atoms with van der Waals surface area (Å²) in [7, 11) is 2.09. The predicted molar refractivity (Wildman–Crippen MR) is 138 cm³/mol. The zero-order chi connectivity index (χ0) is 24.1. The highest BCUT2D eigenvalue weighted by Crippen LogP contribution is 2.34. The average molecular weight is 424 g/mol. The Kier molecular flexibility index (Phi) is 5.37. The van der Waals surface area contributed by atoms with Crippen LogP contribution >= 0.6 is 0 Å². The molecule has 1 aromatic heterocycles. The van der Waals surface area contributed by atoms with Crippen molar-refractivity contribution in [3.8, 4) is 22.4 Å². The van der Waals surface area contributed by atoms with E-state index in [4.69, 9.17) is 1.37 Å². The summed E-state index contributed by atoms with van der Waals surface area (Å²) in [4.78, 5) is 0. The molecule has 0 spiro atoms. The predicted octanol–water partition coefficient (Wildman–Crippen LogP) is 7.82. The summed E-state index contributed by atoms with van der Waals surface area (Å²) in [5, 5.41) is 2.19. The van der Waals surface area contributed by atoms with Gasteiger partial charge in [-0.3, -0.25) is 0 Å². The fraction of sp³-hybridized carbons (Fsp3) is 0.323. The minimum atomic E-state index is 0.216. The molecule has 0 amide bonds. The third kappa shape index (κ3) is 4.21. The summed E-state index contributed by atoms with van der Waals surface area (Å²) >= 11 is 0. The smallest absolute Gasteiger partial charge is 0.198 e. The van der Waals surface area contributed by atoms with Gasteiger partial charge in [0.15, 0.2) is 5.69 Å². The Morgan fingerprint density at radius 2 is 1.53 bits per heavy atom. The van der Waals surface area contributed by atoms with Gasteiger partial charge in [0, 0.05) is 18.5 Å². The molecular weight excluding hydrogens is 386 g/mol. The standard InChI is InChI=1S/C31H36N/c1-20-10-9-11-21(2)29(20)25-13-15-27(22(3)16-25)30-28-14-12-24(19-31(5,6)7)18-26(28)17-23(4)32(30)8/h9-18H,19H2,1-8H3/q+1/i17D. The summed E-state index contributed by atoms with van der Waals surface area (Å²) in [6, 6.07) is 20.6. The van der Waals surface area contributed by atoms with E-state index >= 15 is 0 Å². The third-order valence-electron chi connectivity index (χ3n) is 6.48. The molecule has 0 saturated heterocycles. The Morgan fingerprint density at radius 1 is 0.844 bits per heavy atom. The van der Waals surface area contributed by atoms with E-state index in [1.165, 1.54) is 44.6 Å². The van der Waals surface area contributed by atoms with Crippen molar-refractivity contribution in [3.63, 3.8) is 0 Å². The van der Waals surface area contributed by atoms with Crippen LogP contribution in [-0.2, 0) is 13.5 Å². The number of nitrogens with zero attached hydrogens (tertiary/aromatic N) is 1. The van der Waals surface area contributed by atoms with E-state index in [1.807, 2.05) is 0 Å². The zero-order valence-corrected chi connectivity index (χ0v) is 20.9. The highest BCUT2D eigenvalue weighted by molar-refractivity contribution is 5.94. The molecule has 0 fully saturated rings. The molecule has 0 aliphatic carbocycles. The number of hydrogen-bond acceptors (Lipinski definition) is 0. The molecule has 0 radical (unpaired) electrons. The van der Waals surface area contributed by atoms with Gasteiger partial charge >= 0.3 is 0 Å². The topological polar surface area (TPSA) is 3.88 Å². The maximum Gasteiger partial charge on any atom is 0.220 e. The summed E-state index contributed by atoms with van der Waals surface area (Å²) in [5.74, 6) is 0. The summed E-state index contributed by atoms with van der Waals surface area (Å²) in [6.07, 6.45) is 1.00. The number of pyridine rings is 1. The summed E-state index contributed by atoms with van der Waals surface area (Å²) in [6.45, 7) is 15.4. The van der Waals surface area contributed by atoms with Crippen LogP contribution in [0.1, 0.15) is 50.1 Å². The molecule has 0 aliphatic rings. The van der Waals surface area contributed by atoms with E-state index in [1.54, 1.807) is 0 Å². The van der Waals surface area contributed by atoms with Crippen molar-refractivity contribution in [2.24, 2.45) is 12.5 Å². The van der Waals surface area contributed by atoms with Crippen molar-refractivity contribution in [3.05, 3.63) is 88.6 Å². The second-order valence-electron chi connectivity index (χ2n) is 10.5. The number of aryl methyl sites for hydroxylation is 3. The Balaban J connectivity index is 1.93. The van der Waals surface area contributed by atoms with Crippen molar-refractivity contribution in [2.75, 3.05) is 0 Å². The molecule has 0 aliphatic heterocycles. The number of fused-ring (bicyclic) bond motifs is 1. The van der Waals surface area contributed by atoms with Crippen LogP contribution in [-0.4, -0.2) is 0 Å². The van der Waals surface area contributed by atoms with Crippen LogP contribution in [0.5, 0.6) is 0 Å². The molecule has 32 heavy (non-hydrogen) atoms. The van der Waals surface area contributed by atoms with Crippen LogP contribution in [0.25, 0.3) is 33.2 Å². The number of benzene rings is 3. The fourth-order valence-corrected chi connectivity index (χ4v) is 4.93. The van der Waals surface area contributed by atoms with Gasteiger partial charge in [0.2, 0.25) is 5.69 Å². The lowest BCUT2D eigenvalue weighted by atomic mass is 9.87. The van der Waals surface area contributed by atoms with E-state index < -0.39 is 0 Å². The van der Waals surface area contributed by atoms with E-state index in [-0.39, 0.29) is 5.41 Å². The first-order chi connectivity index (χ1) is 15.5. The highest BCUT2D eigenvalue weighted by atomic mass is 14.9. The third-order valence-corrected chi connectivity index (χ3v) is 6.48. The zero-order valence-electron chi connectivity index (χ0n) is 21.9. The van der Waals surface area contributed by atoms with Crippen molar-refractivity contribution in [1.82, 2.24) is 0 Å². The molecule has 0 saturated carbocycles. The molecular formula is C31H36N+. The van der Waals surface area contributed by atoms with Gasteiger partial charge in [0.25, 0.3) is 0 Å².